The number of methoxy groups -OCH3 is 1. The van der Waals surface area contributed by atoms with Crippen molar-refractivity contribution in [2.24, 2.45) is 0 Å². The van der Waals surface area contributed by atoms with Crippen molar-refractivity contribution in [1.29, 1.82) is 0 Å². The molecule has 2 N–H and O–H groups in total. The van der Waals surface area contributed by atoms with Crippen molar-refractivity contribution in [2.45, 2.75) is 0 Å². The van der Waals surface area contributed by atoms with Gasteiger partial charge in [-0.2, -0.15) is 0 Å². The molecule has 0 bridgehead atoms. The van der Waals surface area contributed by atoms with Gasteiger partial charge < -0.3 is 19.7 Å². The van der Waals surface area contributed by atoms with Gasteiger partial charge in [-0.05, 0) is 12.1 Å². The molecule has 1 aromatic carbocycles. The molecule has 0 saturated carbocycles. The molecule has 15 heavy (non-hydrogen) atoms. The maximum atomic E-state index is 11.3. The summed E-state index contributed by atoms with van der Waals surface area (Å²) in [7, 11) is 1.49. The van der Waals surface area contributed by atoms with Crippen molar-refractivity contribution in [3.63, 3.8) is 0 Å². The molecule has 0 unspecified atom stereocenters. The SMILES string of the molecule is COCCOC(=O)c1cc(O)cc(O)c1. The van der Waals surface area contributed by atoms with E-state index in [1.807, 2.05) is 0 Å². The largest absolute Gasteiger partial charge is 0.508 e. The highest BCUT2D eigenvalue weighted by atomic mass is 16.6. The smallest absolute Gasteiger partial charge is 0.338 e. The Morgan fingerprint density at radius 1 is 1.20 bits per heavy atom. The van der Waals surface area contributed by atoms with Crippen LogP contribution in [0.4, 0.5) is 0 Å². The Morgan fingerprint density at radius 3 is 2.33 bits per heavy atom. The summed E-state index contributed by atoms with van der Waals surface area (Å²) < 4.78 is 9.49. The second-order valence-corrected chi connectivity index (χ2v) is 2.87. The molecule has 5 nitrogen and oxygen atoms in total. The monoisotopic (exact) mass is 212 g/mol. The van der Waals surface area contributed by atoms with Gasteiger partial charge in [0.05, 0.1) is 12.2 Å². The Kier molecular flexibility index (Phi) is 3.93. The van der Waals surface area contributed by atoms with Crippen molar-refractivity contribution < 1.29 is 24.5 Å². The van der Waals surface area contributed by atoms with E-state index in [0.717, 1.165) is 6.07 Å². The van der Waals surface area contributed by atoms with E-state index in [-0.39, 0.29) is 23.7 Å². The minimum Gasteiger partial charge on any atom is -0.508 e. The Morgan fingerprint density at radius 2 is 1.80 bits per heavy atom. The number of esters is 1. The van der Waals surface area contributed by atoms with Gasteiger partial charge in [0, 0.05) is 13.2 Å². The lowest BCUT2D eigenvalue weighted by Gasteiger charge is -2.04. The second-order valence-electron chi connectivity index (χ2n) is 2.87. The van der Waals surface area contributed by atoms with Crippen molar-refractivity contribution in [2.75, 3.05) is 20.3 Å². The Labute approximate surface area is 86.9 Å². The van der Waals surface area contributed by atoms with E-state index in [1.54, 1.807) is 0 Å². The van der Waals surface area contributed by atoms with Gasteiger partial charge in [0.15, 0.2) is 0 Å². The Hall–Kier alpha value is -1.75. The number of hydrogen-bond acceptors (Lipinski definition) is 5. The molecule has 0 aromatic heterocycles. The van der Waals surface area contributed by atoms with E-state index in [4.69, 9.17) is 19.7 Å². The first-order valence-electron chi connectivity index (χ1n) is 4.32. The lowest BCUT2D eigenvalue weighted by molar-refractivity contribution is 0.0387. The predicted octanol–water partition coefficient (Wildman–Crippen LogP) is 0.901. The highest BCUT2D eigenvalue weighted by Crippen LogP contribution is 2.20. The Balaban J connectivity index is 2.65. The van der Waals surface area contributed by atoms with Crippen LogP contribution < -0.4 is 0 Å². The summed E-state index contributed by atoms with van der Waals surface area (Å²) in [6, 6.07) is 3.57. The number of ether oxygens (including phenoxy) is 2. The van der Waals surface area contributed by atoms with Gasteiger partial charge in [0.2, 0.25) is 0 Å². The molecule has 1 aromatic rings. The van der Waals surface area contributed by atoms with Crippen molar-refractivity contribution in [1.82, 2.24) is 0 Å². The molecular weight excluding hydrogens is 200 g/mol. The van der Waals surface area contributed by atoms with Crippen LogP contribution in [0.15, 0.2) is 18.2 Å². The third kappa shape index (κ3) is 3.47. The number of benzene rings is 1. The zero-order valence-electron chi connectivity index (χ0n) is 8.27. The summed E-state index contributed by atoms with van der Waals surface area (Å²) in [4.78, 5) is 11.3. The molecule has 1 rings (SSSR count). The summed E-state index contributed by atoms with van der Waals surface area (Å²) in [6.07, 6.45) is 0. The van der Waals surface area contributed by atoms with E-state index in [0.29, 0.717) is 6.61 Å². The molecule has 0 amide bonds. The average Bonchev–Trinajstić information content (AvgIpc) is 2.16. The van der Waals surface area contributed by atoms with Gasteiger partial charge in [-0.25, -0.2) is 4.79 Å². The third-order valence-electron chi connectivity index (χ3n) is 1.66. The van der Waals surface area contributed by atoms with Crippen LogP contribution in [-0.4, -0.2) is 36.5 Å². The van der Waals surface area contributed by atoms with Crippen LogP contribution in [0.25, 0.3) is 0 Å². The second kappa shape index (κ2) is 5.21. The molecule has 82 valence electrons. The van der Waals surface area contributed by atoms with E-state index in [1.165, 1.54) is 19.2 Å². The van der Waals surface area contributed by atoms with Crippen LogP contribution in [0.3, 0.4) is 0 Å². The molecule has 0 aliphatic rings. The normalized spacial score (nSPS) is 9.93. The minimum atomic E-state index is -0.613. The van der Waals surface area contributed by atoms with E-state index in [2.05, 4.69) is 0 Å². The number of phenols is 2. The fraction of sp³-hybridized carbons (Fsp3) is 0.300. The maximum Gasteiger partial charge on any atom is 0.338 e. The van der Waals surface area contributed by atoms with Gasteiger partial charge in [-0.3, -0.25) is 0 Å². The summed E-state index contributed by atoms with van der Waals surface area (Å²) in [5, 5.41) is 18.2. The molecular formula is C10H12O5. The van der Waals surface area contributed by atoms with Crippen LogP contribution in [0, 0.1) is 0 Å². The molecule has 0 atom stereocenters. The molecule has 5 heteroatoms. The highest BCUT2D eigenvalue weighted by Gasteiger charge is 2.09. The van der Waals surface area contributed by atoms with Gasteiger partial charge in [-0.1, -0.05) is 0 Å². The summed E-state index contributed by atoms with van der Waals surface area (Å²) in [6.45, 7) is 0.433. The molecule has 0 spiro atoms. The zero-order chi connectivity index (χ0) is 11.3. The summed E-state index contributed by atoms with van der Waals surface area (Å²) >= 11 is 0. The third-order valence-corrected chi connectivity index (χ3v) is 1.66. The minimum absolute atomic E-state index is 0.101. The molecule has 0 heterocycles. The van der Waals surface area contributed by atoms with Gasteiger partial charge in [0.1, 0.15) is 18.1 Å². The first-order valence-corrected chi connectivity index (χ1v) is 4.32. The van der Waals surface area contributed by atoms with E-state index < -0.39 is 5.97 Å². The number of hydrogen-bond donors (Lipinski definition) is 2. The van der Waals surface area contributed by atoms with Gasteiger partial charge >= 0.3 is 5.97 Å². The van der Waals surface area contributed by atoms with Crippen molar-refractivity contribution in [3.05, 3.63) is 23.8 Å². The van der Waals surface area contributed by atoms with Gasteiger partial charge in [0.25, 0.3) is 0 Å². The lowest BCUT2D eigenvalue weighted by Crippen LogP contribution is -2.09. The zero-order valence-corrected chi connectivity index (χ0v) is 8.27. The standard InChI is InChI=1S/C10H12O5/c1-14-2-3-15-10(13)7-4-8(11)6-9(12)5-7/h4-6,11-12H,2-3H2,1H3. The number of carbonyl (C=O) groups excluding carboxylic acids is 1. The predicted molar refractivity (Wildman–Crippen MR) is 51.9 cm³/mol. The lowest BCUT2D eigenvalue weighted by atomic mass is 10.2. The van der Waals surface area contributed by atoms with Crippen molar-refractivity contribution >= 4 is 5.97 Å². The number of rotatable bonds is 4. The highest BCUT2D eigenvalue weighted by molar-refractivity contribution is 5.90. The fourth-order valence-electron chi connectivity index (χ4n) is 1.01. The quantitative estimate of drug-likeness (QED) is 0.572. The van der Waals surface area contributed by atoms with Crippen LogP contribution in [0.5, 0.6) is 11.5 Å². The topological polar surface area (TPSA) is 76.0 Å². The number of aromatic hydroxyl groups is 2. The first-order chi connectivity index (χ1) is 7.13. The summed E-state index contributed by atoms with van der Waals surface area (Å²) in [5.41, 5.74) is 0.101. The molecule has 0 radical (unpaired) electrons. The molecule has 0 aliphatic heterocycles. The summed E-state index contributed by atoms with van der Waals surface area (Å²) in [5.74, 6) is -0.986. The van der Waals surface area contributed by atoms with Crippen molar-refractivity contribution in [3.8, 4) is 11.5 Å². The molecule has 0 fully saturated rings. The Bertz CT molecular complexity index is 327. The van der Waals surface area contributed by atoms with E-state index in [9.17, 15) is 4.79 Å². The molecule has 0 saturated heterocycles. The van der Waals surface area contributed by atoms with Crippen LogP contribution >= 0.6 is 0 Å². The van der Waals surface area contributed by atoms with Crippen LogP contribution in [0.2, 0.25) is 0 Å². The fourth-order valence-corrected chi connectivity index (χ4v) is 1.01. The van der Waals surface area contributed by atoms with Crippen LogP contribution in [0.1, 0.15) is 10.4 Å². The molecule has 0 aliphatic carbocycles. The number of phenolic OH excluding ortho intramolecular Hbond substituents is 2. The van der Waals surface area contributed by atoms with Crippen LogP contribution in [-0.2, 0) is 9.47 Å². The first kappa shape index (κ1) is 11.3. The van der Waals surface area contributed by atoms with E-state index >= 15 is 0 Å². The average molecular weight is 212 g/mol. The van der Waals surface area contributed by atoms with Gasteiger partial charge in [-0.15, -0.1) is 0 Å². The number of carbonyl (C=O) groups is 1. The maximum absolute atomic E-state index is 11.3.